The molecule has 0 amide bonds. The number of alkyl halides is 2. The van der Waals surface area contributed by atoms with Crippen LogP contribution in [0.15, 0.2) is 18.2 Å². The lowest BCUT2D eigenvalue weighted by Crippen LogP contribution is -2.34. The fourth-order valence-corrected chi connectivity index (χ4v) is 2.07. The molecule has 17 heavy (non-hydrogen) atoms. The third-order valence-electron chi connectivity index (χ3n) is 2.89. The molecule has 0 spiro atoms. The van der Waals surface area contributed by atoms with Gasteiger partial charge in [-0.1, -0.05) is 6.07 Å². The van der Waals surface area contributed by atoms with E-state index in [9.17, 15) is 18.9 Å². The van der Waals surface area contributed by atoms with E-state index in [4.69, 9.17) is 0 Å². The summed E-state index contributed by atoms with van der Waals surface area (Å²) in [5, 5.41) is 10.6. The number of nitro groups is 1. The van der Waals surface area contributed by atoms with Crippen molar-refractivity contribution in [2.75, 3.05) is 13.1 Å². The Morgan fingerprint density at radius 3 is 2.82 bits per heavy atom. The van der Waals surface area contributed by atoms with E-state index >= 15 is 0 Å². The van der Waals surface area contributed by atoms with Crippen molar-refractivity contribution in [1.29, 1.82) is 0 Å². The highest BCUT2D eigenvalue weighted by atomic mass is 19.3. The minimum absolute atomic E-state index is 0.0163. The molecule has 1 aromatic rings. The van der Waals surface area contributed by atoms with Crippen molar-refractivity contribution in [2.45, 2.75) is 19.4 Å². The fourth-order valence-electron chi connectivity index (χ4n) is 2.07. The molecule has 1 aliphatic heterocycles. The van der Waals surface area contributed by atoms with Gasteiger partial charge in [0.1, 0.15) is 0 Å². The van der Waals surface area contributed by atoms with E-state index in [1.54, 1.807) is 11.0 Å². The highest BCUT2D eigenvalue weighted by Gasteiger charge is 2.20. The predicted octanol–water partition coefficient (Wildman–Crippen LogP) is 2.22. The molecule has 0 radical (unpaired) electrons. The van der Waals surface area contributed by atoms with Gasteiger partial charge in [0.25, 0.3) is 12.1 Å². The first-order valence-corrected chi connectivity index (χ1v) is 5.33. The molecule has 0 bridgehead atoms. The molecular formula is C11H12F2N2O2. The van der Waals surface area contributed by atoms with E-state index in [0.29, 0.717) is 19.5 Å². The first kappa shape index (κ1) is 11.9. The fraction of sp³-hybridized carbons (Fsp3) is 0.455. The lowest BCUT2D eigenvalue weighted by atomic mass is 9.99. The molecule has 6 heteroatoms. The van der Waals surface area contributed by atoms with Gasteiger partial charge in [-0.05, 0) is 17.5 Å². The average Bonchev–Trinajstić information content (AvgIpc) is 2.27. The molecule has 0 atom stereocenters. The molecule has 0 aliphatic carbocycles. The Morgan fingerprint density at radius 2 is 2.18 bits per heavy atom. The molecule has 0 N–H and O–H groups in total. The van der Waals surface area contributed by atoms with Crippen LogP contribution in [-0.2, 0) is 13.0 Å². The van der Waals surface area contributed by atoms with E-state index < -0.39 is 11.3 Å². The number of benzene rings is 1. The molecule has 92 valence electrons. The SMILES string of the molecule is O=[N+]([O-])c1ccc2c(c1)CN(CC(F)F)CC2. The summed E-state index contributed by atoms with van der Waals surface area (Å²) in [5.41, 5.74) is 1.81. The Kier molecular flexibility index (Phi) is 3.33. The number of hydrogen-bond acceptors (Lipinski definition) is 3. The molecule has 0 saturated carbocycles. The van der Waals surface area contributed by atoms with Crippen molar-refractivity contribution in [3.8, 4) is 0 Å². The third-order valence-corrected chi connectivity index (χ3v) is 2.89. The number of nitrogens with zero attached hydrogens (tertiary/aromatic N) is 2. The molecule has 1 heterocycles. The van der Waals surface area contributed by atoms with E-state index in [0.717, 1.165) is 11.1 Å². The van der Waals surface area contributed by atoms with Gasteiger partial charge in [-0.15, -0.1) is 0 Å². The van der Waals surface area contributed by atoms with Crippen LogP contribution in [-0.4, -0.2) is 29.3 Å². The van der Waals surface area contributed by atoms with Gasteiger partial charge in [-0.25, -0.2) is 8.78 Å². The summed E-state index contributed by atoms with van der Waals surface area (Å²) < 4.78 is 24.5. The maximum atomic E-state index is 12.3. The van der Waals surface area contributed by atoms with Crippen LogP contribution in [0.3, 0.4) is 0 Å². The molecule has 1 aromatic carbocycles. The number of rotatable bonds is 3. The topological polar surface area (TPSA) is 46.4 Å². The van der Waals surface area contributed by atoms with Gasteiger partial charge < -0.3 is 0 Å². The summed E-state index contributed by atoms with van der Waals surface area (Å²) in [6.45, 7) is 0.665. The van der Waals surface area contributed by atoms with E-state index in [1.165, 1.54) is 12.1 Å². The van der Waals surface area contributed by atoms with Gasteiger partial charge in [0.2, 0.25) is 0 Å². The van der Waals surface area contributed by atoms with Crippen LogP contribution in [0, 0.1) is 10.1 Å². The molecule has 0 fully saturated rings. The first-order chi connectivity index (χ1) is 8.06. The van der Waals surface area contributed by atoms with Gasteiger partial charge in [0, 0.05) is 25.2 Å². The van der Waals surface area contributed by atoms with Gasteiger partial charge in [0.15, 0.2) is 0 Å². The number of fused-ring (bicyclic) bond motifs is 1. The Hall–Kier alpha value is -1.56. The molecule has 4 nitrogen and oxygen atoms in total. The summed E-state index contributed by atoms with van der Waals surface area (Å²) in [5.74, 6) is 0. The minimum Gasteiger partial charge on any atom is -0.293 e. The van der Waals surface area contributed by atoms with E-state index in [-0.39, 0.29) is 12.2 Å². The molecule has 0 saturated heterocycles. The second-order valence-electron chi connectivity index (χ2n) is 4.09. The van der Waals surface area contributed by atoms with Crippen molar-refractivity contribution in [3.05, 3.63) is 39.4 Å². The summed E-state index contributed by atoms with van der Waals surface area (Å²) in [6, 6.07) is 4.65. The largest absolute Gasteiger partial charge is 0.293 e. The zero-order chi connectivity index (χ0) is 12.4. The second kappa shape index (κ2) is 4.75. The summed E-state index contributed by atoms with van der Waals surface area (Å²) in [7, 11) is 0. The van der Waals surface area contributed by atoms with Crippen LogP contribution < -0.4 is 0 Å². The number of non-ortho nitro benzene ring substituents is 1. The van der Waals surface area contributed by atoms with Gasteiger partial charge in [0.05, 0.1) is 11.5 Å². The Labute approximate surface area is 97.0 Å². The summed E-state index contributed by atoms with van der Waals surface area (Å²) in [6.07, 6.45) is -1.70. The predicted molar refractivity (Wildman–Crippen MR) is 58.1 cm³/mol. The standard InChI is InChI=1S/C11H12F2N2O2/c12-11(13)7-14-4-3-8-1-2-10(15(16)17)5-9(8)6-14/h1-2,5,11H,3-4,6-7H2. The van der Waals surface area contributed by atoms with Crippen molar-refractivity contribution in [1.82, 2.24) is 4.90 Å². The van der Waals surface area contributed by atoms with E-state index in [1.807, 2.05) is 0 Å². The molecule has 1 aliphatic rings. The lowest BCUT2D eigenvalue weighted by Gasteiger charge is -2.28. The monoisotopic (exact) mass is 242 g/mol. The zero-order valence-corrected chi connectivity index (χ0v) is 9.10. The van der Waals surface area contributed by atoms with Crippen molar-refractivity contribution in [2.24, 2.45) is 0 Å². The maximum absolute atomic E-state index is 12.3. The van der Waals surface area contributed by atoms with Crippen LogP contribution in [0.1, 0.15) is 11.1 Å². The van der Waals surface area contributed by atoms with E-state index in [2.05, 4.69) is 0 Å². The number of nitro benzene ring substituents is 1. The zero-order valence-electron chi connectivity index (χ0n) is 9.10. The molecular weight excluding hydrogens is 230 g/mol. The summed E-state index contributed by atoms with van der Waals surface area (Å²) >= 11 is 0. The maximum Gasteiger partial charge on any atom is 0.269 e. The Balaban J connectivity index is 2.17. The summed E-state index contributed by atoms with van der Waals surface area (Å²) in [4.78, 5) is 11.8. The minimum atomic E-state index is -2.37. The second-order valence-corrected chi connectivity index (χ2v) is 4.09. The number of hydrogen-bond donors (Lipinski definition) is 0. The third kappa shape index (κ3) is 2.76. The molecule has 0 unspecified atom stereocenters. The Bertz CT molecular complexity index is 437. The van der Waals surface area contributed by atoms with Gasteiger partial charge >= 0.3 is 0 Å². The van der Waals surface area contributed by atoms with Crippen LogP contribution in [0.25, 0.3) is 0 Å². The highest BCUT2D eigenvalue weighted by Crippen LogP contribution is 2.24. The Morgan fingerprint density at radius 1 is 1.41 bits per heavy atom. The quantitative estimate of drug-likeness (QED) is 0.603. The van der Waals surface area contributed by atoms with Gasteiger partial charge in [-0.3, -0.25) is 15.0 Å². The van der Waals surface area contributed by atoms with Crippen molar-refractivity contribution >= 4 is 5.69 Å². The van der Waals surface area contributed by atoms with Crippen LogP contribution in [0.2, 0.25) is 0 Å². The van der Waals surface area contributed by atoms with Crippen LogP contribution in [0.4, 0.5) is 14.5 Å². The van der Waals surface area contributed by atoms with Gasteiger partial charge in [-0.2, -0.15) is 0 Å². The van der Waals surface area contributed by atoms with Crippen molar-refractivity contribution < 1.29 is 13.7 Å². The van der Waals surface area contributed by atoms with Crippen LogP contribution in [0.5, 0.6) is 0 Å². The smallest absolute Gasteiger partial charge is 0.269 e. The lowest BCUT2D eigenvalue weighted by molar-refractivity contribution is -0.385. The normalized spacial score (nSPS) is 15.9. The average molecular weight is 242 g/mol. The first-order valence-electron chi connectivity index (χ1n) is 5.33. The number of halogens is 2. The highest BCUT2D eigenvalue weighted by molar-refractivity contribution is 5.41. The van der Waals surface area contributed by atoms with Crippen LogP contribution >= 0.6 is 0 Å². The molecule has 2 rings (SSSR count). The van der Waals surface area contributed by atoms with Crippen molar-refractivity contribution in [3.63, 3.8) is 0 Å². The molecule has 0 aromatic heterocycles.